The number of hydrogen-bond acceptors (Lipinski definition) is 6. The molecule has 0 saturated heterocycles. The van der Waals surface area contributed by atoms with Crippen molar-refractivity contribution >= 4 is 51.8 Å². The number of nitrogens with one attached hydrogen (secondary N) is 1. The molecular formula is C40H45ClN8O2. The van der Waals surface area contributed by atoms with Crippen LogP contribution in [0.25, 0.3) is 50.4 Å². The Hall–Kier alpha value is -5.06. The SMILES string of the molecule is Cl.Cn1cncc1-c1cc(-c2nc3c(CCCCCCCCCCN)c(C(N)=O)ccc3n2-c2ccc3c(c2)CCC(=O)N3)c2ccccc2n1. The average molecular weight is 705 g/mol. The van der Waals surface area contributed by atoms with E-state index in [0.717, 1.165) is 99.4 Å². The molecule has 51 heavy (non-hydrogen) atoms. The zero-order chi connectivity index (χ0) is 34.6. The molecule has 4 heterocycles. The van der Waals surface area contributed by atoms with Crippen molar-refractivity contribution in [2.45, 2.75) is 70.6 Å². The Morgan fingerprint density at radius 1 is 0.902 bits per heavy atom. The highest BCUT2D eigenvalue weighted by Crippen LogP contribution is 2.38. The summed E-state index contributed by atoms with van der Waals surface area (Å²) in [6.45, 7) is 0.763. The smallest absolute Gasteiger partial charge is 0.249 e. The molecular weight excluding hydrogens is 660 g/mol. The van der Waals surface area contributed by atoms with E-state index in [2.05, 4.69) is 33.1 Å². The fraction of sp³-hybridized carbons (Fsp3) is 0.325. The number of anilines is 1. The predicted molar refractivity (Wildman–Crippen MR) is 206 cm³/mol. The molecule has 5 N–H and O–H groups in total. The molecule has 0 radical (unpaired) electrons. The Bertz CT molecular complexity index is 2200. The van der Waals surface area contributed by atoms with Crippen LogP contribution in [0.15, 0.2) is 73.2 Å². The molecule has 0 atom stereocenters. The molecule has 0 saturated carbocycles. The van der Waals surface area contributed by atoms with E-state index in [0.29, 0.717) is 24.8 Å². The molecule has 0 fully saturated rings. The van der Waals surface area contributed by atoms with Gasteiger partial charge in [0, 0.05) is 41.4 Å². The molecule has 1 aliphatic rings. The Morgan fingerprint density at radius 3 is 2.41 bits per heavy atom. The second-order valence-electron chi connectivity index (χ2n) is 13.3. The number of nitrogens with two attached hydrogens (primary N) is 2. The zero-order valence-electron chi connectivity index (χ0n) is 29.0. The number of para-hydroxylation sites is 1. The molecule has 1 aliphatic heterocycles. The van der Waals surface area contributed by atoms with Crippen LogP contribution in [-0.4, -0.2) is 42.4 Å². The number of hydrogen-bond donors (Lipinski definition) is 3. The summed E-state index contributed by atoms with van der Waals surface area (Å²) in [7, 11) is 1.96. The van der Waals surface area contributed by atoms with Crippen molar-refractivity contribution in [2.24, 2.45) is 18.5 Å². The van der Waals surface area contributed by atoms with Crippen LogP contribution in [0.1, 0.15) is 79.3 Å². The van der Waals surface area contributed by atoms with Gasteiger partial charge >= 0.3 is 0 Å². The maximum absolute atomic E-state index is 12.9. The molecule has 7 rings (SSSR count). The van der Waals surface area contributed by atoms with Gasteiger partial charge in [0.05, 0.1) is 40.5 Å². The molecule has 0 bridgehead atoms. The second kappa shape index (κ2) is 15.9. The van der Waals surface area contributed by atoms with Gasteiger partial charge in [-0.2, -0.15) is 0 Å². The fourth-order valence-corrected chi connectivity index (χ4v) is 7.24. The van der Waals surface area contributed by atoms with Crippen molar-refractivity contribution in [3.05, 3.63) is 89.9 Å². The maximum atomic E-state index is 12.9. The van der Waals surface area contributed by atoms with Crippen molar-refractivity contribution < 1.29 is 9.59 Å². The number of carbonyl (C=O) groups excluding carboxylic acids is 2. The number of imidazole rings is 2. The topological polar surface area (TPSA) is 147 Å². The first kappa shape index (κ1) is 35.8. The van der Waals surface area contributed by atoms with Crippen molar-refractivity contribution in [3.8, 4) is 28.5 Å². The van der Waals surface area contributed by atoms with Crippen LogP contribution in [0.2, 0.25) is 0 Å². The number of primary amides is 1. The number of aromatic nitrogens is 5. The van der Waals surface area contributed by atoms with E-state index >= 15 is 0 Å². The van der Waals surface area contributed by atoms with Gasteiger partial charge in [0.15, 0.2) is 0 Å². The first-order valence-electron chi connectivity index (χ1n) is 17.8. The molecule has 3 aromatic heterocycles. The molecule has 0 unspecified atom stereocenters. The van der Waals surface area contributed by atoms with Crippen molar-refractivity contribution in [3.63, 3.8) is 0 Å². The number of carbonyl (C=O) groups is 2. The lowest BCUT2D eigenvalue weighted by Gasteiger charge is -2.19. The minimum absolute atomic E-state index is 0. The highest BCUT2D eigenvalue weighted by Gasteiger charge is 2.24. The molecule has 0 aliphatic carbocycles. The van der Waals surface area contributed by atoms with E-state index < -0.39 is 5.91 Å². The van der Waals surface area contributed by atoms with Crippen molar-refractivity contribution in [1.29, 1.82) is 0 Å². The Morgan fingerprint density at radius 2 is 1.67 bits per heavy atom. The lowest BCUT2D eigenvalue weighted by atomic mass is 9.98. The molecule has 11 heteroatoms. The Balaban J connectivity index is 0.00000448. The lowest BCUT2D eigenvalue weighted by Crippen LogP contribution is -2.19. The maximum Gasteiger partial charge on any atom is 0.249 e. The van der Waals surface area contributed by atoms with Gasteiger partial charge in [0.1, 0.15) is 5.82 Å². The highest BCUT2D eigenvalue weighted by atomic mass is 35.5. The first-order chi connectivity index (χ1) is 24.4. The summed E-state index contributed by atoms with van der Waals surface area (Å²) in [6, 6.07) is 20.1. The number of rotatable bonds is 14. The fourth-order valence-electron chi connectivity index (χ4n) is 7.24. The van der Waals surface area contributed by atoms with Gasteiger partial charge in [-0.1, -0.05) is 56.7 Å². The quantitative estimate of drug-likeness (QED) is 0.0992. The minimum atomic E-state index is -0.449. The van der Waals surface area contributed by atoms with E-state index in [1.165, 1.54) is 25.7 Å². The third kappa shape index (κ3) is 7.38. The van der Waals surface area contributed by atoms with Gasteiger partial charge in [-0.05, 0) is 85.8 Å². The van der Waals surface area contributed by atoms with Gasteiger partial charge in [-0.15, -0.1) is 12.4 Å². The largest absolute Gasteiger partial charge is 0.366 e. The number of benzene rings is 3. The Labute approximate surface area is 304 Å². The molecule has 3 aromatic carbocycles. The van der Waals surface area contributed by atoms with Gasteiger partial charge in [-0.3, -0.25) is 14.2 Å². The monoisotopic (exact) mass is 704 g/mol. The third-order valence-electron chi connectivity index (χ3n) is 9.86. The van der Waals surface area contributed by atoms with Crippen LogP contribution in [-0.2, 0) is 24.7 Å². The van der Waals surface area contributed by atoms with Crippen LogP contribution in [0.5, 0.6) is 0 Å². The predicted octanol–water partition coefficient (Wildman–Crippen LogP) is 7.67. The molecule has 2 amide bonds. The standard InChI is InChI=1S/C40H44N8O2.ClH/c1-47-25-43-24-36(47)34-23-31(28-12-9-10-14-33(28)44-34)40-46-38-29(13-8-6-4-2-3-5-7-11-21-41)30(39(42)50)17-19-35(38)48(40)27-16-18-32-26(22-27)15-20-37(49)45-32;/h9-10,12,14,16-19,22-25H,2-8,11,13,15,20-21,41H2,1H3,(H2,42,50)(H,45,49);1H. The van der Waals surface area contributed by atoms with E-state index in [1.54, 1.807) is 6.33 Å². The molecule has 264 valence electrons. The summed E-state index contributed by atoms with van der Waals surface area (Å²) in [5, 5.41) is 3.97. The second-order valence-corrected chi connectivity index (χ2v) is 13.3. The molecule has 0 spiro atoms. The van der Waals surface area contributed by atoms with Crippen molar-refractivity contribution in [2.75, 3.05) is 11.9 Å². The number of unbranched alkanes of at least 4 members (excludes halogenated alkanes) is 7. The van der Waals surface area contributed by atoms with E-state index in [4.69, 9.17) is 21.4 Å². The van der Waals surface area contributed by atoms with Gasteiger partial charge in [-0.25, -0.2) is 15.0 Å². The molecule has 10 nitrogen and oxygen atoms in total. The number of halogens is 1. The summed E-state index contributed by atoms with van der Waals surface area (Å²) in [6.07, 6.45) is 14.5. The number of aryl methyl sites for hydroxylation is 3. The Kier molecular flexibility index (Phi) is 11.1. The summed E-state index contributed by atoms with van der Waals surface area (Å²) in [4.78, 5) is 39.8. The summed E-state index contributed by atoms with van der Waals surface area (Å²) in [5.41, 5.74) is 21.0. The summed E-state index contributed by atoms with van der Waals surface area (Å²) < 4.78 is 4.13. The van der Waals surface area contributed by atoms with Crippen LogP contribution in [0.3, 0.4) is 0 Å². The number of amides is 2. The molecule has 6 aromatic rings. The normalized spacial score (nSPS) is 12.5. The van der Waals surface area contributed by atoms with E-state index in [1.807, 2.05) is 60.3 Å². The summed E-state index contributed by atoms with van der Waals surface area (Å²) >= 11 is 0. The van der Waals surface area contributed by atoms with Gasteiger partial charge in [0.25, 0.3) is 0 Å². The van der Waals surface area contributed by atoms with E-state index in [9.17, 15) is 9.59 Å². The number of nitrogens with zero attached hydrogens (tertiary/aromatic N) is 5. The third-order valence-corrected chi connectivity index (χ3v) is 9.86. The van der Waals surface area contributed by atoms with Crippen LogP contribution >= 0.6 is 12.4 Å². The number of pyridine rings is 1. The lowest BCUT2D eigenvalue weighted by molar-refractivity contribution is -0.116. The van der Waals surface area contributed by atoms with Gasteiger partial charge < -0.3 is 21.4 Å². The van der Waals surface area contributed by atoms with E-state index in [-0.39, 0.29) is 18.3 Å². The van der Waals surface area contributed by atoms with Crippen molar-refractivity contribution in [1.82, 2.24) is 24.1 Å². The summed E-state index contributed by atoms with van der Waals surface area (Å²) in [5.74, 6) is 0.317. The van der Waals surface area contributed by atoms with Gasteiger partial charge in [0.2, 0.25) is 11.8 Å². The first-order valence-corrected chi connectivity index (χ1v) is 17.8. The number of fused-ring (bicyclic) bond motifs is 3. The minimum Gasteiger partial charge on any atom is -0.366 e. The van der Waals surface area contributed by atoms with Crippen LogP contribution < -0.4 is 16.8 Å². The van der Waals surface area contributed by atoms with Crippen LogP contribution in [0, 0.1) is 0 Å². The zero-order valence-corrected chi connectivity index (χ0v) is 29.8. The van der Waals surface area contributed by atoms with Crippen LogP contribution in [0.4, 0.5) is 5.69 Å². The highest BCUT2D eigenvalue weighted by molar-refractivity contribution is 6.02. The average Bonchev–Trinajstić information content (AvgIpc) is 3.73.